The van der Waals surface area contributed by atoms with Crippen LogP contribution < -0.4 is 9.80 Å². The molecule has 0 saturated heterocycles. The number of carbonyl (C=O) groups is 2. The van der Waals surface area contributed by atoms with Gasteiger partial charge in [0.1, 0.15) is 17.3 Å². The number of rotatable bonds is 23. The molecule has 0 atom stereocenters. The maximum Gasteiger partial charge on any atom is 0.315 e. The lowest BCUT2D eigenvalue weighted by Crippen LogP contribution is -2.25. The van der Waals surface area contributed by atoms with E-state index in [2.05, 4.69) is 42.7 Å². The fourth-order valence-electron chi connectivity index (χ4n) is 6.13. The van der Waals surface area contributed by atoms with Crippen LogP contribution in [0.15, 0.2) is 97.1 Å². The number of esters is 1. The maximum atomic E-state index is 12.5. The van der Waals surface area contributed by atoms with Crippen molar-refractivity contribution in [3.8, 4) is 11.5 Å². The first-order valence-corrected chi connectivity index (χ1v) is 20.9. The first-order valence-electron chi connectivity index (χ1n) is 18.6. The van der Waals surface area contributed by atoms with E-state index in [4.69, 9.17) is 4.74 Å². The molecule has 4 rings (SSSR count). The minimum absolute atomic E-state index is 0.132. The Hall–Kier alpha value is -4.08. The number of benzene rings is 4. The Labute approximate surface area is 325 Å². The summed E-state index contributed by atoms with van der Waals surface area (Å²) >= 11 is 3.06. The third-order valence-electron chi connectivity index (χ3n) is 9.35. The third-order valence-corrected chi connectivity index (χ3v) is 11.4. The molecule has 4 aromatic rings. The highest BCUT2D eigenvalue weighted by Gasteiger charge is 2.26. The fraction of sp³-hybridized carbons (Fsp3) is 0.409. The average molecular weight is 757 g/mol. The van der Waals surface area contributed by atoms with Gasteiger partial charge in [0.05, 0.1) is 29.9 Å². The molecule has 0 spiro atoms. The Balaban J connectivity index is 1.48. The molecule has 0 fully saturated rings. The zero-order valence-electron chi connectivity index (χ0n) is 31.8. The molecular weight excluding hydrogens is 701 g/mol. The Kier molecular flexibility index (Phi) is 17.0. The van der Waals surface area contributed by atoms with E-state index in [1.165, 1.54) is 37.4 Å². The molecule has 0 aliphatic heterocycles. The Bertz CT molecular complexity index is 1720. The molecule has 2 N–H and O–H groups in total. The second-order valence-corrected chi connectivity index (χ2v) is 15.9. The first-order chi connectivity index (χ1) is 25.6. The molecule has 9 heteroatoms. The quantitative estimate of drug-likeness (QED) is 0.0436. The van der Waals surface area contributed by atoms with Gasteiger partial charge in [-0.1, -0.05) is 101 Å². The number of unbranched alkanes of at least 4 members (excludes halogenated alkanes) is 5. The fourth-order valence-corrected chi connectivity index (χ4v) is 7.77. The molecule has 0 amide bonds. The number of hydrogen-bond acceptors (Lipinski definition) is 9. The van der Waals surface area contributed by atoms with Crippen molar-refractivity contribution in [1.29, 1.82) is 0 Å². The molecule has 0 radical (unpaired) electrons. The van der Waals surface area contributed by atoms with Crippen LogP contribution in [0, 0.1) is 0 Å². The van der Waals surface area contributed by atoms with Crippen molar-refractivity contribution in [2.75, 3.05) is 39.7 Å². The normalized spacial score (nSPS) is 11.3. The monoisotopic (exact) mass is 756 g/mol. The van der Waals surface area contributed by atoms with Crippen LogP contribution >= 0.6 is 23.5 Å². The molecule has 4 aromatic carbocycles. The molecule has 0 aromatic heterocycles. The Morgan fingerprint density at radius 2 is 1.13 bits per heavy atom. The Morgan fingerprint density at radius 1 is 0.660 bits per heavy atom. The largest absolute Gasteiger partial charge is 0.508 e. The van der Waals surface area contributed by atoms with Crippen LogP contribution in [0.2, 0.25) is 0 Å². The number of carbonyl (C=O) groups excluding carboxylic acids is 2. The van der Waals surface area contributed by atoms with E-state index >= 15 is 0 Å². The van der Waals surface area contributed by atoms with Gasteiger partial charge in [-0.05, 0) is 73.0 Å². The number of hydrogen-bond donors (Lipinski definition) is 2. The summed E-state index contributed by atoms with van der Waals surface area (Å²) in [6.07, 6.45) is 6.89. The van der Waals surface area contributed by atoms with Crippen LogP contribution in [-0.2, 0) is 32.8 Å². The predicted octanol–water partition coefficient (Wildman–Crippen LogP) is 10.3. The van der Waals surface area contributed by atoms with Crippen LogP contribution in [0.25, 0.3) is 0 Å². The van der Waals surface area contributed by atoms with Crippen LogP contribution in [0.3, 0.4) is 0 Å². The summed E-state index contributed by atoms with van der Waals surface area (Å²) in [6.45, 7) is 9.50. The van der Waals surface area contributed by atoms with Crippen molar-refractivity contribution in [3.05, 3.63) is 119 Å². The minimum atomic E-state index is -0.460. The number of thioether (sulfide) groups is 2. The van der Waals surface area contributed by atoms with Crippen molar-refractivity contribution in [3.63, 3.8) is 0 Å². The topological polar surface area (TPSA) is 90.3 Å². The average Bonchev–Trinajstić information content (AvgIpc) is 3.15. The number of para-hydroxylation sites is 2. The van der Waals surface area contributed by atoms with Crippen LogP contribution in [-0.4, -0.2) is 51.8 Å². The summed E-state index contributed by atoms with van der Waals surface area (Å²) in [5.41, 5.74) is 5.18. The van der Waals surface area contributed by atoms with Gasteiger partial charge in [0, 0.05) is 41.0 Å². The van der Waals surface area contributed by atoms with Gasteiger partial charge < -0.3 is 24.7 Å². The summed E-state index contributed by atoms with van der Waals surface area (Å²) in [7, 11) is 0. The van der Waals surface area contributed by atoms with Crippen LogP contribution in [0.4, 0.5) is 11.4 Å². The van der Waals surface area contributed by atoms with Gasteiger partial charge in [-0.15, -0.1) is 23.5 Å². The highest BCUT2D eigenvalue weighted by molar-refractivity contribution is 8.00. The van der Waals surface area contributed by atoms with E-state index < -0.39 is 5.41 Å². The summed E-state index contributed by atoms with van der Waals surface area (Å²) in [5, 5.41) is 22.1. The number of phenolic OH excluding ortho intramolecular Hbond substituents is 2. The minimum Gasteiger partial charge on any atom is -0.508 e. The SMILES string of the molecule is CCCCCCCCOC(=O)CSCN(Cc1cc(C(C)(C)c2ccc(O)c(CN(CSCC(C)=O)c3ccccc3)c2)ccc1O)c1ccccc1. The number of Topliss-reactive ketones (excluding diaryl/α,β-unsaturated/α-hetero) is 1. The lowest BCUT2D eigenvalue weighted by molar-refractivity contribution is -0.140. The van der Waals surface area contributed by atoms with E-state index in [0.717, 1.165) is 46.5 Å². The summed E-state index contributed by atoms with van der Waals surface area (Å²) in [5.74, 6) is 2.21. The highest BCUT2D eigenvalue weighted by atomic mass is 32.2. The van der Waals surface area contributed by atoms with Gasteiger partial charge in [-0.2, -0.15) is 0 Å². The second kappa shape index (κ2) is 21.6. The van der Waals surface area contributed by atoms with E-state index in [1.807, 2.05) is 72.8 Å². The lowest BCUT2D eigenvalue weighted by atomic mass is 9.77. The standard InChI is InChI=1S/C44H56N2O5S2/c1-5-6-7-8-9-16-25-51-43(50)31-53-33-46(40-19-14-11-15-20-40)29-36-27-38(22-24-42(36)49)44(3,4)37-21-23-41(48)35(26-37)28-45(32-52-30-34(2)47)39-17-12-10-13-18-39/h10-15,17-24,26-27,48-49H,5-9,16,25,28-33H2,1-4H3. The first kappa shape index (κ1) is 41.7. The third kappa shape index (κ3) is 13.4. The number of aromatic hydroxyl groups is 2. The molecule has 7 nitrogen and oxygen atoms in total. The Morgan fingerprint density at radius 3 is 1.62 bits per heavy atom. The van der Waals surface area contributed by atoms with Gasteiger partial charge in [0.2, 0.25) is 0 Å². The van der Waals surface area contributed by atoms with Gasteiger partial charge in [-0.25, -0.2) is 0 Å². The lowest BCUT2D eigenvalue weighted by Gasteiger charge is -2.30. The molecule has 284 valence electrons. The molecule has 0 aliphatic rings. The molecule has 0 unspecified atom stereocenters. The van der Waals surface area contributed by atoms with E-state index in [0.29, 0.717) is 37.2 Å². The number of ketones is 1. The summed E-state index contributed by atoms with van der Waals surface area (Å²) < 4.78 is 5.50. The second-order valence-electron chi connectivity index (χ2n) is 14.0. The van der Waals surface area contributed by atoms with Crippen LogP contribution in [0.5, 0.6) is 11.5 Å². The molecule has 0 saturated carbocycles. The number of anilines is 2. The van der Waals surface area contributed by atoms with Crippen molar-refractivity contribution >= 4 is 46.7 Å². The van der Waals surface area contributed by atoms with Crippen molar-refractivity contribution in [2.45, 2.75) is 84.7 Å². The van der Waals surface area contributed by atoms with E-state index in [1.54, 1.807) is 30.8 Å². The van der Waals surface area contributed by atoms with E-state index in [9.17, 15) is 19.8 Å². The van der Waals surface area contributed by atoms with Crippen molar-refractivity contribution < 1.29 is 24.5 Å². The molecule has 0 bridgehead atoms. The van der Waals surface area contributed by atoms with Crippen LogP contribution in [0.1, 0.15) is 88.5 Å². The number of phenols is 2. The maximum absolute atomic E-state index is 12.5. The zero-order valence-corrected chi connectivity index (χ0v) is 33.4. The molecular formula is C44H56N2O5S2. The van der Waals surface area contributed by atoms with Crippen molar-refractivity contribution in [1.82, 2.24) is 0 Å². The smallest absolute Gasteiger partial charge is 0.315 e. The van der Waals surface area contributed by atoms with Gasteiger partial charge in [-0.3, -0.25) is 9.59 Å². The molecule has 53 heavy (non-hydrogen) atoms. The molecule has 0 heterocycles. The van der Waals surface area contributed by atoms with Gasteiger partial charge in [0.15, 0.2) is 0 Å². The molecule has 0 aliphatic carbocycles. The number of ether oxygens (including phenoxy) is 1. The van der Waals surface area contributed by atoms with Crippen molar-refractivity contribution in [2.24, 2.45) is 0 Å². The summed E-state index contributed by atoms with van der Waals surface area (Å²) in [4.78, 5) is 28.5. The van der Waals surface area contributed by atoms with Gasteiger partial charge >= 0.3 is 5.97 Å². The predicted molar refractivity (Wildman–Crippen MR) is 223 cm³/mol. The highest BCUT2D eigenvalue weighted by Crippen LogP contribution is 2.37. The zero-order chi connectivity index (χ0) is 38.1. The van der Waals surface area contributed by atoms with Gasteiger partial charge in [0.25, 0.3) is 0 Å². The number of nitrogens with zero attached hydrogens (tertiary/aromatic N) is 2. The summed E-state index contributed by atoms with van der Waals surface area (Å²) in [6, 6.07) is 31.6. The van der Waals surface area contributed by atoms with E-state index in [-0.39, 0.29) is 29.0 Å².